The number of nitrogens with one attached hydrogen (secondary N) is 2. The molecule has 7 heteroatoms. The van der Waals surface area contributed by atoms with E-state index in [1.54, 1.807) is 0 Å². The smallest absolute Gasteiger partial charge is 0.324 e. The molecule has 1 aliphatic heterocycles. The molecule has 0 aliphatic carbocycles. The van der Waals surface area contributed by atoms with E-state index in [4.69, 9.17) is 4.74 Å². The number of nitrogens with zero attached hydrogens (tertiary/aromatic N) is 1. The van der Waals surface area contributed by atoms with Crippen LogP contribution < -0.4 is 15.0 Å². The Kier molecular flexibility index (Phi) is 5.58. The Labute approximate surface area is 132 Å². The number of amides is 3. The van der Waals surface area contributed by atoms with E-state index in [1.165, 1.54) is 4.90 Å². The zero-order valence-electron chi connectivity index (χ0n) is 11.9. The van der Waals surface area contributed by atoms with E-state index in [1.807, 2.05) is 31.3 Å². The highest BCUT2D eigenvalue weighted by molar-refractivity contribution is 9.10. The SMILES string of the molecule is C[NH+](CCOc1ccc(Br)cc1)CC(=O)N1CCNC1=O. The van der Waals surface area contributed by atoms with Crippen LogP contribution in [0.5, 0.6) is 5.75 Å². The molecule has 1 heterocycles. The van der Waals surface area contributed by atoms with E-state index in [0.29, 0.717) is 26.2 Å². The lowest BCUT2D eigenvalue weighted by Crippen LogP contribution is -3.10. The van der Waals surface area contributed by atoms with Gasteiger partial charge in [-0.3, -0.25) is 9.69 Å². The summed E-state index contributed by atoms with van der Waals surface area (Å²) in [5.41, 5.74) is 0. The third kappa shape index (κ3) is 4.71. The highest BCUT2D eigenvalue weighted by Crippen LogP contribution is 2.15. The molecule has 1 aliphatic rings. The van der Waals surface area contributed by atoms with Crippen LogP contribution >= 0.6 is 15.9 Å². The molecule has 2 rings (SSSR count). The van der Waals surface area contributed by atoms with E-state index in [2.05, 4.69) is 21.2 Å². The molecule has 6 nitrogen and oxygen atoms in total. The molecule has 1 atom stereocenters. The van der Waals surface area contributed by atoms with Gasteiger partial charge in [0.1, 0.15) is 18.9 Å². The van der Waals surface area contributed by atoms with Crippen LogP contribution in [0.15, 0.2) is 28.7 Å². The third-order valence-electron chi connectivity index (χ3n) is 3.22. The summed E-state index contributed by atoms with van der Waals surface area (Å²) >= 11 is 3.37. The number of halogens is 1. The van der Waals surface area contributed by atoms with Crippen molar-refractivity contribution < 1.29 is 19.2 Å². The predicted octanol–water partition coefficient (Wildman–Crippen LogP) is -0.106. The molecule has 0 radical (unpaired) electrons. The van der Waals surface area contributed by atoms with Crippen LogP contribution in [0.4, 0.5) is 4.79 Å². The van der Waals surface area contributed by atoms with Gasteiger partial charge in [0, 0.05) is 17.6 Å². The number of ether oxygens (including phenoxy) is 1. The second-order valence-corrected chi connectivity index (χ2v) is 5.88. The average Bonchev–Trinajstić information content (AvgIpc) is 2.87. The maximum absolute atomic E-state index is 11.9. The van der Waals surface area contributed by atoms with E-state index < -0.39 is 0 Å². The Morgan fingerprint density at radius 2 is 2.14 bits per heavy atom. The van der Waals surface area contributed by atoms with Gasteiger partial charge in [-0.2, -0.15) is 0 Å². The number of benzene rings is 1. The molecular weight excluding hydrogens is 338 g/mol. The van der Waals surface area contributed by atoms with Gasteiger partial charge in [-0.25, -0.2) is 4.79 Å². The minimum Gasteiger partial charge on any atom is -0.488 e. The van der Waals surface area contributed by atoms with Crippen LogP contribution in [0.3, 0.4) is 0 Å². The number of imide groups is 1. The maximum atomic E-state index is 11.9. The first-order valence-corrected chi connectivity index (χ1v) is 7.63. The van der Waals surface area contributed by atoms with Gasteiger partial charge in [-0.1, -0.05) is 15.9 Å². The van der Waals surface area contributed by atoms with Crippen molar-refractivity contribution in [2.75, 3.05) is 39.8 Å². The summed E-state index contributed by atoms with van der Waals surface area (Å²) in [7, 11) is 1.91. The van der Waals surface area contributed by atoms with Crippen molar-refractivity contribution in [2.24, 2.45) is 0 Å². The van der Waals surface area contributed by atoms with E-state index in [0.717, 1.165) is 15.1 Å². The van der Waals surface area contributed by atoms with Crippen LogP contribution in [-0.2, 0) is 4.79 Å². The van der Waals surface area contributed by atoms with Crippen molar-refractivity contribution in [3.63, 3.8) is 0 Å². The Morgan fingerprint density at radius 3 is 2.76 bits per heavy atom. The van der Waals surface area contributed by atoms with Gasteiger partial charge in [0.2, 0.25) is 0 Å². The Morgan fingerprint density at radius 1 is 1.43 bits per heavy atom. The van der Waals surface area contributed by atoms with Gasteiger partial charge in [0.15, 0.2) is 6.54 Å². The summed E-state index contributed by atoms with van der Waals surface area (Å²) in [6, 6.07) is 7.32. The molecule has 0 bridgehead atoms. The van der Waals surface area contributed by atoms with Crippen molar-refractivity contribution in [3.8, 4) is 5.75 Å². The lowest BCUT2D eigenvalue weighted by molar-refractivity contribution is -0.871. The van der Waals surface area contributed by atoms with Gasteiger partial charge in [-0.15, -0.1) is 0 Å². The predicted molar refractivity (Wildman–Crippen MR) is 81.4 cm³/mol. The molecule has 1 aromatic carbocycles. The minimum absolute atomic E-state index is 0.147. The van der Waals surface area contributed by atoms with Crippen LogP contribution in [0.25, 0.3) is 0 Å². The van der Waals surface area contributed by atoms with Crippen molar-refractivity contribution in [1.82, 2.24) is 10.2 Å². The Hall–Kier alpha value is -1.60. The molecule has 2 N–H and O–H groups in total. The van der Waals surface area contributed by atoms with Gasteiger partial charge < -0.3 is 15.0 Å². The molecule has 3 amide bonds. The number of hydrogen-bond acceptors (Lipinski definition) is 3. The van der Waals surface area contributed by atoms with Gasteiger partial charge in [0.25, 0.3) is 5.91 Å². The number of carbonyl (C=O) groups is 2. The van der Waals surface area contributed by atoms with Crippen LogP contribution in [0, 0.1) is 0 Å². The number of hydrogen-bond donors (Lipinski definition) is 2. The maximum Gasteiger partial charge on any atom is 0.324 e. The largest absolute Gasteiger partial charge is 0.488 e. The first-order valence-electron chi connectivity index (χ1n) is 6.84. The third-order valence-corrected chi connectivity index (χ3v) is 3.75. The summed E-state index contributed by atoms with van der Waals surface area (Å²) < 4.78 is 6.62. The van der Waals surface area contributed by atoms with Crippen molar-refractivity contribution >= 4 is 27.9 Å². The molecule has 0 saturated carbocycles. The topological polar surface area (TPSA) is 63.1 Å². The first kappa shape index (κ1) is 15.8. The summed E-state index contributed by atoms with van der Waals surface area (Å²) in [4.78, 5) is 25.6. The fraction of sp³-hybridized carbons (Fsp3) is 0.429. The van der Waals surface area contributed by atoms with Gasteiger partial charge >= 0.3 is 6.03 Å². The zero-order valence-corrected chi connectivity index (χ0v) is 13.5. The molecule has 1 aromatic rings. The quantitative estimate of drug-likeness (QED) is 0.747. The molecular formula is C14H19BrN3O3+. The second kappa shape index (κ2) is 7.42. The summed E-state index contributed by atoms with van der Waals surface area (Å²) in [5, 5.41) is 2.62. The highest BCUT2D eigenvalue weighted by Gasteiger charge is 2.27. The molecule has 1 fully saturated rings. The highest BCUT2D eigenvalue weighted by atomic mass is 79.9. The molecule has 0 spiro atoms. The Bertz CT molecular complexity index is 507. The number of rotatable bonds is 6. The average molecular weight is 357 g/mol. The summed E-state index contributed by atoms with van der Waals surface area (Å²) in [5.74, 6) is 0.655. The van der Waals surface area contributed by atoms with Crippen molar-refractivity contribution in [1.29, 1.82) is 0 Å². The van der Waals surface area contributed by atoms with Gasteiger partial charge in [-0.05, 0) is 24.3 Å². The zero-order chi connectivity index (χ0) is 15.2. The minimum atomic E-state index is -0.293. The normalized spacial score (nSPS) is 15.7. The number of quaternary nitrogens is 1. The van der Waals surface area contributed by atoms with Crippen molar-refractivity contribution in [2.45, 2.75) is 0 Å². The van der Waals surface area contributed by atoms with E-state index in [9.17, 15) is 9.59 Å². The fourth-order valence-electron chi connectivity index (χ4n) is 2.03. The molecule has 1 saturated heterocycles. The molecule has 0 aromatic heterocycles. The standard InChI is InChI=1S/C14H18BrN3O3/c1-17(10-13(19)18-7-6-16-14(18)20)8-9-21-12-4-2-11(15)3-5-12/h2-5H,6-10H2,1H3,(H,16,20)/p+1. The summed E-state index contributed by atoms with van der Waals surface area (Å²) in [6.45, 7) is 2.50. The lowest BCUT2D eigenvalue weighted by atomic mass is 10.3. The molecule has 21 heavy (non-hydrogen) atoms. The summed E-state index contributed by atoms with van der Waals surface area (Å²) in [6.07, 6.45) is 0. The van der Waals surface area contributed by atoms with Crippen molar-refractivity contribution in [3.05, 3.63) is 28.7 Å². The number of likely N-dealkylation sites (N-methyl/N-ethyl adjacent to an activating group) is 1. The number of urea groups is 1. The first-order chi connectivity index (χ1) is 10.1. The van der Waals surface area contributed by atoms with E-state index >= 15 is 0 Å². The second-order valence-electron chi connectivity index (χ2n) is 4.96. The van der Waals surface area contributed by atoms with E-state index in [-0.39, 0.29) is 18.5 Å². The van der Waals surface area contributed by atoms with Crippen LogP contribution in [0.1, 0.15) is 0 Å². The monoisotopic (exact) mass is 356 g/mol. The van der Waals surface area contributed by atoms with Gasteiger partial charge in [0.05, 0.1) is 7.05 Å². The van der Waals surface area contributed by atoms with Crippen LogP contribution in [0.2, 0.25) is 0 Å². The Balaban J connectivity index is 1.69. The molecule has 1 unspecified atom stereocenters. The lowest BCUT2D eigenvalue weighted by Gasteiger charge is -2.17. The molecule has 114 valence electrons. The van der Waals surface area contributed by atoms with Crippen LogP contribution in [-0.4, -0.2) is 56.7 Å². The number of carbonyl (C=O) groups excluding carboxylic acids is 2. The fourth-order valence-corrected chi connectivity index (χ4v) is 2.29.